The van der Waals surface area contributed by atoms with E-state index in [1.165, 1.54) is 0 Å². The molecule has 1 atom stereocenters. The summed E-state index contributed by atoms with van der Waals surface area (Å²) in [5.41, 5.74) is 2.45. The summed E-state index contributed by atoms with van der Waals surface area (Å²) in [6.07, 6.45) is 0.889. The molecule has 0 spiro atoms. The van der Waals surface area contributed by atoms with Crippen molar-refractivity contribution in [1.29, 1.82) is 0 Å². The highest BCUT2D eigenvalue weighted by Gasteiger charge is 2.29. The smallest absolute Gasteiger partial charge is 0.326 e. The molecule has 0 bridgehead atoms. The van der Waals surface area contributed by atoms with Gasteiger partial charge in [-0.05, 0) is 25.3 Å². The fourth-order valence-corrected chi connectivity index (χ4v) is 3.59. The number of amides is 1. The molecule has 30 heavy (non-hydrogen) atoms. The van der Waals surface area contributed by atoms with Crippen molar-refractivity contribution in [2.24, 2.45) is 0 Å². The summed E-state index contributed by atoms with van der Waals surface area (Å²) >= 11 is 0. The van der Waals surface area contributed by atoms with Gasteiger partial charge in [0.2, 0.25) is 5.91 Å². The number of aliphatic carboxylic acids is 1. The molecule has 1 aliphatic rings. The maximum atomic E-state index is 12.7. The van der Waals surface area contributed by atoms with Crippen molar-refractivity contribution >= 4 is 23.4 Å². The van der Waals surface area contributed by atoms with Crippen molar-refractivity contribution in [2.45, 2.75) is 38.6 Å². The molecule has 2 aromatic carbocycles. The highest BCUT2D eigenvalue weighted by molar-refractivity contribution is 6.26. The third kappa shape index (κ3) is 4.71. The van der Waals surface area contributed by atoms with Crippen molar-refractivity contribution < 1.29 is 24.3 Å². The molecule has 6 heteroatoms. The van der Waals surface area contributed by atoms with Gasteiger partial charge in [0.1, 0.15) is 6.04 Å². The van der Waals surface area contributed by atoms with Crippen LogP contribution in [0, 0.1) is 0 Å². The van der Waals surface area contributed by atoms with Crippen molar-refractivity contribution in [2.75, 3.05) is 0 Å². The molecule has 0 heterocycles. The molecule has 3 rings (SSSR count). The van der Waals surface area contributed by atoms with E-state index in [-0.39, 0.29) is 30.8 Å². The van der Waals surface area contributed by atoms with Crippen LogP contribution >= 0.6 is 0 Å². The predicted octanol–water partition coefficient (Wildman–Crippen LogP) is 3.36. The first-order valence-corrected chi connectivity index (χ1v) is 9.82. The van der Waals surface area contributed by atoms with Crippen LogP contribution in [0.5, 0.6) is 0 Å². The first kappa shape index (κ1) is 21.2. The lowest BCUT2D eigenvalue weighted by Crippen LogP contribution is -2.42. The predicted molar refractivity (Wildman–Crippen MR) is 111 cm³/mol. The zero-order valence-corrected chi connectivity index (χ0v) is 16.7. The summed E-state index contributed by atoms with van der Waals surface area (Å²) in [5, 5.41) is 11.9. The van der Waals surface area contributed by atoms with Crippen LogP contribution in [-0.4, -0.2) is 34.6 Å². The minimum atomic E-state index is -1.10. The highest BCUT2D eigenvalue weighted by atomic mass is 16.4. The number of hydrogen-bond donors (Lipinski definition) is 2. The number of Topliss-reactive ketones (excluding diaryl/α,β-unsaturated/α-hetero) is 2. The fourth-order valence-electron chi connectivity index (χ4n) is 3.59. The van der Waals surface area contributed by atoms with E-state index in [2.05, 4.69) is 5.32 Å². The third-order valence-electron chi connectivity index (χ3n) is 5.23. The molecule has 0 fully saturated rings. The van der Waals surface area contributed by atoms with Crippen molar-refractivity contribution in [3.05, 3.63) is 82.4 Å². The molecule has 2 N–H and O–H groups in total. The second-order valence-electron chi connectivity index (χ2n) is 7.31. The summed E-state index contributed by atoms with van der Waals surface area (Å²) in [7, 11) is 0. The Morgan fingerprint density at radius 3 is 2.17 bits per heavy atom. The molecule has 1 aliphatic carbocycles. The van der Waals surface area contributed by atoms with Gasteiger partial charge in [0.25, 0.3) is 0 Å². The van der Waals surface area contributed by atoms with Crippen molar-refractivity contribution in [1.82, 2.24) is 5.32 Å². The zero-order valence-electron chi connectivity index (χ0n) is 16.7. The lowest BCUT2D eigenvalue weighted by atomic mass is 9.83. The van der Waals surface area contributed by atoms with E-state index in [1.54, 1.807) is 43.3 Å². The summed E-state index contributed by atoms with van der Waals surface area (Å²) in [4.78, 5) is 49.0. The Kier molecular flexibility index (Phi) is 6.57. The van der Waals surface area contributed by atoms with Gasteiger partial charge in [-0.15, -0.1) is 0 Å². The number of carbonyl (C=O) groups excluding carboxylic acids is 3. The monoisotopic (exact) mass is 405 g/mol. The van der Waals surface area contributed by atoms with Crippen LogP contribution in [0.25, 0.3) is 0 Å². The topological polar surface area (TPSA) is 101 Å². The Bertz CT molecular complexity index is 1020. The van der Waals surface area contributed by atoms with E-state index in [4.69, 9.17) is 0 Å². The lowest BCUT2D eigenvalue weighted by molar-refractivity contribution is -0.141. The van der Waals surface area contributed by atoms with E-state index in [1.807, 2.05) is 18.2 Å². The Labute approximate surface area is 174 Å². The second-order valence-corrected chi connectivity index (χ2v) is 7.31. The van der Waals surface area contributed by atoms with Crippen LogP contribution < -0.4 is 5.32 Å². The minimum Gasteiger partial charge on any atom is -0.480 e. The Balaban J connectivity index is 1.58. The van der Waals surface area contributed by atoms with Gasteiger partial charge < -0.3 is 10.4 Å². The Morgan fingerprint density at radius 2 is 1.53 bits per heavy atom. The van der Waals surface area contributed by atoms with Crippen LogP contribution in [0.4, 0.5) is 0 Å². The van der Waals surface area contributed by atoms with Gasteiger partial charge in [-0.3, -0.25) is 14.4 Å². The first-order valence-electron chi connectivity index (χ1n) is 9.82. The minimum absolute atomic E-state index is 0.0679. The van der Waals surface area contributed by atoms with Crippen LogP contribution in [0.1, 0.15) is 52.5 Å². The van der Waals surface area contributed by atoms with Gasteiger partial charge in [-0.1, -0.05) is 54.6 Å². The number of rotatable bonds is 8. The number of allylic oxidation sites excluding steroid dienone is 2. The number of nitrogens with one attached hydrogen (secondary N) is 1. The fraction of sp³-hybridized carbons (Fsp3) is 0.250. The SMILES string of the molecule is CC1=C(CCCC(=O)N[C@@H](Cc2ccccc2)C(=O)O)C(=O)c2ccccc2C1=O. The average molecular weight is 405 g/mol. The molecule has 1 amide bonds. The molecule has 6 nitrogen and oxygen atoms in total. The Morgan fingerprint density at radius 1 is 0.933 bits per heavy atom. The van der Waals surface area contributed by atoms with Gasteiger partial charge in [-0.25, -0.2) is 4.79 Å². The largest absolute Gasteiger partial charge is 0.480 e. The number of carbonyl (C=O) groups is 4. The van der Waals surface area contributed by atoms with Gasteiger partial charge in [0.05, 0.1) is 0 Å². The van der Waals surface area contributed by atoms with E-state index in [0.29, 0.717) is 28.7 Å². The Hall–Kier alpha value is -3.54. The number of hydrogen-bond acceptors (Lipinski definition) is 4. The molecule has 2 aromatic rings. The van der Waals surface area contributed by atoms with Gasteiger partial charge in [0.15, 0.2) is 11.6 Å². The van der Waals surface area contributed by atoms with Gasteiger partial charge in [0, 0.05) is 35.1 Å². The molecule has 154 valence electrons. The summed E-state index contributed by atoms with van der Waals surface area (Å²) in [6.45, 7) is 1.63. The molecular formula is C24H23NO5. The maximum absolute atomic E-state index is 12.7. The van der Waals surface area contributed by atoms with Crippen LogP contribution in [-0.2, 0) is 16.0 Å². The molecule has 0 saturated heterocycles. The van der Waals surface area contributed by atoms with E-state index >= 15 is 0 Å². The first-order chi connectivity index (χ1) is 14.4. The standard InChI is InChI=1S/C24H23NO5/c1-15-17(23(28)19-11-6-5-10-18(19)22(15)27)12-7-13-21(26)25-20(24(29)30)14-16-8-3-2-4-9-16/h2-6,8-11,20H,7,12-14H2,1H3,(H,25,26)(H,29,30)/t20-/m0/s1. The lowest BCUT2D eigenvalue weighted by Gasteiger charge is -2.19. The third-order valence-corrected chi connectivity index (χ3v) is 5.23. The van der Waals surface area contributed by atoms with Gasteiger partial charge >= 0.3 is 5.97 Å². The number of benzene rings is 2. The normalized spacial score (nSPS) is 14.3. The maximum Gasteiger partial charge on any atom is 0.326 e. The van der Waals surface area contributed by atoms with Crippen molar-refractivity contribution in [3.63, 3.8) is 0 Å². The van der Waals surface area contributed by atoms with E-state index in [9.17, 15) is 24.3 Å². The molecule has 0 aromatic heterocycles. The summed E-state index contributed by atoms with van der Waals surface area (Å²) < 4.78 is 0. The van der Waals surface area contributed by atoms with Crippen molar-refractivity contribution in [3.8, 4) is 0 Å². The zero-order chi connectivity index (χ0) is 21.7. The number of fused-ring (bicyclic) bond motifs is 1. The quantitative estimate of drug-likeness (QED) is 0.701. The van der Waals surface area contributed by atoms with E-state index < -0.39 is 17.9 Å². The molecule has 0 saturated carbocycles. The average Bonchev–Trinajstić information content (AvgIpc) is 2.74. The number of carboxylic acid groups (broad SMARTS) is 1. The summed E-state index contributed by atoms with van der Waals surface area (Å²) in [6, 6.07) is 14.8. The number of carboxylic acids is 1. The number of ketones is 2. The second kappa shape index (κ2) is 9.31. The molecule has 0 unspecified atom stereocenters. The summed E-state index contributed by atoms with van der Waals surface area (Å²) in [5.74, 6) is -1.85. The van der Waals surface area contributed by atoms with Crippen LogP contribution in [0.2, 0.25) is 0 Å². The van der Waals surface area contributed by atoms with E-state index in [0.717, 1.165) is 5.56 Å². The molecular weight excluding hydrogens is 382 g/mol. The highest BCUT2D eigenvalue weighted by Crippen LogP contribution is 2.28. The van der Waals surface area contributed by atoms with Crippen LogP contribution in [0.3, 0.4) is 0 Å². The molecule has 0 radical (unpaired) electrons. The van der Waals surface area contributed by atoms with Crippen LogP contribution in [0.15, 0.2) is 65.7 Å². The molecule has 0 aliphatic heterocycles. The van der Waals surface area contributed by atoms with Gasteiger partial charge in [-0.2, -0.15) is 0 Å².